The highest BCUT2D eigenvalue weighted by atomic mass is 32.2. The number of hydrogen-bond acceptors (Lipinski definition) is 5. The number of aryl methyl sites for hydroxylation is 1. The summed E-state index contributed by atoms with van der Waals surface area (Å²) in [6.07, 6.45) is 0.603. The molecule has 0 spiro atoms. The number of aliphatic hydroxyl groups is 1. The van der Waals surface area contributed by atoms with Gasteiger partial charge in [-0.1, -0.05) is 17.8 Å². The maximum absolute atomic E-state index is 12.0. The Labute approximate surface area is 110 Å². The molecule has 0 aliphatic carbocycles. The van der Waals surface area contributed by atoms with Crippen molar-refractivity contribution < 1.29 is 13.5 Å². The fourth-order valence-electron chi connectivity index (χ4n) is 1.54. The molecule has 0 fully saturated rings. The summed E-state index contributed by atoms with van der Waals surface area (Å²) in [7, 11) is -3.61. The monoisotopic (exact) mass is 286 g/mol. The third-order valence-electron chi connectivity index (χ3n) is 2.40. The standard InChI is InChI=1S/C11H14N2O3S2/c1-8-3-4-9-10(7-8)18(15,16)13-11(12-9)17-6-2-5-14/h3-4,7,14H,2,5-6H2,1H3,(H,12,13). The summed E-state index contributed by atoms with van der Waals surface area (Å²) >= 11 is 1.29. The maximum atomic E-state index is 12.0. The average Bonchev–Trinajstić information content (AvgIpc) is 2.30. The number of rotatable bonds is 3. The highest BCUT2D eigenvalue weighted by Gasteiger charge is 2.24. The van der Waals surface area contributed by atoms with Crippen molar-refractivity contribution in [1.82, 2.24) is 0 Å². The van der Waals surface area contributed by atoms with Crippen molar-refractivity contribution in [1.29, 1.82) is 0 Å². The van der Waals surface area contributed by atoms with Gasteiger partial charge in [0.15, 0.2) is 5.17 Å². The van der Waals surface area contributed by atoms with E-state index >= 15 is 0 Å². The molecule has 7 heteroatoms. The number of hydrogen-bond donors (Lipinski definition) is 2. The summed E-state index contributed by atoms with van der Waals surface area (Å²) in [6.45, 7) is 1.92. The van der Waals surface area contributed by atoms with Crippen LogP contribution in [0.1, 0.15) is 12.0 Å². The molecule has 98 valence electrons. The summed E-state index contributed by atoms with van der Waals surface area (Å²) < 4.78 is 27.7. The number of aliphatic hydroxyl groups excluding tert-OH is 1. The zero-order valence-corrected chi connectivity index (χ0v) is 11.5. The number of benzene rings is 1. The number of sulfonamides is 1. The smallest absolute Gasteiger partial charge is 0.286 e. The van der Waals surface area contributed by atoms with E-state index in [9.17, 15) is 8.42 Å². The van der Waals surface area contributed by atoms with Crippen LogP contribution in [-0.4, -0.2) is 31.1 Å². The SMILES string of the molecule is Cc1ccc2c(c1)S(=O)(=O)N=C(SCCCO)N2. The predicted molar refractivity (Wildman–Crippen MR) is 73.6 cm³/mol. The molecule has 1 aromatic carbocycles. The van der Waals surface area contributed by atoms with E-state index in [4.69, 9.17) is 5.11 Å². The van der Waals surface area contributed by atoms with Crippen LogP contribution in [0.5, 0.6) is 0 Å². The average molecular weight is 286 g/mol. The van der Waals surface area contributed by atoms with Gasteiger partial charge >= 0.3 is 0 Å². The largest absolute Gasteiger partial charge is 0.396 e. The van der Waals surface area contributed by atoms with Gasteiger partial charge in [-0.25, -0.2) is 0 Å². The lowest BCUT2D eigenvalue weighted by molar-refractivity contribution is 0.296. The van der Waals surface area contributed by atoms with Crippen LogP contribution in [0.2, 0.25) is 0 Å². The Morgan fingerprint density at radius 3 is 2.94 bits per heavy atom. The number of thioether (sulfide) groups is 1. The predicted octanol–water partition coefficient (Wildman–Crippen LogP) is 1.58. The fourth-order valence-corrected chi connectivity index (χ4v) is 3.79. The molecule has 0 aromatic heterocycles. The molecular weight excluding hydrogens is 272 g/mol. The van der Waals surface area contributed by atoms with Gasteiger partial charge in [-0.15, -0.1) is 4.40 Å². The zero-order chi connectivity index (χ0) is 13.2. The summed E-state index contributed by atoms with van der Waals surface area (Å²) in [5.74, 6) is 0.624. The van der Waals surface area contributed by atoms with Gasteiger partial charge in [0.2, 0.25) is 0 Å². The van der Waals surface area contributed by atoms with Crippen molar-refractivity contribution in [3.63, 3.8) is 0 Å². The maximum Gasteiger partial charge on any atom is 0.286 e. The second kappa shape index (κ2) is 5.29. The molecule has 0 saturated carbocycles. The second-order valence-electron chi connectivity index (χ2n) is 3.92. The van der Waals surface area contributed by atoms with E-state index in [0.717, 1.165) is 5.56 Å². The van der Waals surface area contributed by atoms with Crippen molar-refractivity contribution in [3.05, 3.63) is 23.8 Å². The first-order valence-electron chi connectivity index (χ1n) is 5.49. The minimum Gasteiger partial charge on any atom is -0.396 e. The van der Waals surface area contributed by atoms with Gasteiger partial charge in [0.25, 0.3) is 10.0 Å². The van der Waals surface area contributed by atoms with Crippen LogP contribution in [0, 0.1) is 6.92 Å². The van der Waals surface area contributed by atoms with Gasteiger partial charge < -0.3 is 10.4 Å². The number of fused-ring (bicyclic) bond motifs is 1. The molecule has 0 bridgehead atoms. The summed E-state index contributed by atoms with van der Waals surface area (Å²) in [5, 5.41) is 12.0. The quantitative estimate of drug-likeness (QED) is 0.825. The van der Waals surface area contributed by atoms with E-state index in [2.05, 4.69) is 9.71 Å². The number of nitrogens with one attached hydrogen (secondary N) is 1. The molecule has 1 aromatic rings. The van der Waals surface area contributed by atoms with Gasteiger partial charge in [0.1, 0.15) is 4.90 Å². The number of amidine groups is 1. The van der Waals surface area contributed by atoms with Crippen LogP contribution in [0.25, 0.3) is 0 Å². The lowest BCUT2D eigenvalue weighted by atomic mass is 10.2. The van der Waals surface area contributed by atoms with Gasteiger partial charge in [0, 0.05) is 12.4 Å². The highest BCUT2D eigenvalue weighted by Crippen LogP contribution is 2.30. The van der Waals surface area contributed by atoms with E-state index in [1.54, 1.807) is 12.1 Å². The van der Waals surface area contributed by atoms with E-state index in [1.165, 1.54) is 11.8 Å². The van der Waals surface area contributed by atoms with Gasteiger partial charge in [-0.05, 0) is 31.0 Å². The van der Waals surface area contributed by atoms with Crippen LogP contribution in [-0.2, 0) is 10.0 Å². The topological polar surface area (TPSA) is 78.8 Å². The normalized spacial score (nSPS) is 16.7. The highest BCUT2D eigenvalue weighted by molar-refractivity contribution is 8.14. The second-order valence-corrected chi connectivity index (χ2v) is 6.58. The summed E-state index contributed by atoms with van der Waals surface area (Å²) in [5.41, 5.74) is 1.44. The van der Waals surface area contributed by atoms with Crippen LogP contribution in [0.4, 0.5) is 5.69 Å². The molecule has 2 N–H and O–H groups in total. The molecule has 2 rings (SSSR count). The zero-order valence-electron chi connectivity index (χ0n) is 9.88. The van der Waals surface area contributed by atoms with E-state index in [0.29, 0.717) is 23.0 Å². The molecule has 0 unspecified atom stereocenters. The molecule has 0 amide bonds. The van der Waals surface area contributed by atoms with Crippen LogP contribution < -0.4 is 5.32 Å². The summed E-state index contributed by atoms with van der Waals surface area (Å²) in [6, 6.07) is 5.20. The third-order valence-corrected chi connectivity index (χ3v) is 4.79. The van der Waals surface area contributed by atoms with Crippen molar-refractivity contribution in [2.45, 2.75) is 18.2 Å². The van der Waals surface area contributed by atoms with E-state index < -0.39 is 10.0 Å². The summed E-state index contributed by atoms with van der Waals surface area (Å²) in [4.78, 5) is 0.217. The van der Waals surface area contributed by atoms with Crippen LogP contribution >= 0.6 is 11.8 Å². The molecule has 18 heavy (non-hydrogen) atoms. The lowest BCUT2D eigenvalue weighted by Gasteiger charge is -2.17. The molecule has 1 heterocycles. The van der Waals surface area contributed by atoms with Crippen molar-refractivity contribution in [2.24, 2.45) is 4.40 Å². The minimum absolute atomic E-state index is 0.0861. The molecule has 0 radical (unpaired) electrons. The first-order valence-corrected chi connectivity index (χ1v) is 7.92. The van der Waals surface area contributed by atoms with Crippen molar-refractivity contribution >= 4 is 32.6 Å². The van der Waals surface area contributed by atoms with Crippen LogP contribution in [0.3, 0.4) is 0 Å². The molecule has 1 aliphatic heterocycles. The molecule has 0 atom stereocenters. The third kappa shape index (κ3) is 2.85. The van der Waals surface area contributed by atoms with Crippen molar-refractivity contribution in [3.8, 4) is 0 Å². The Kier molecular flexibility index (Phi) is 3.94. The lowest BCUT2D eigenvalue weighted by Crippen LogP contribution is -2.19. The number of nitrogens with zero attached hydrogens (tertiary/aromatic N) is 1. The first kappa shape index (κ1) is 13.4. The molecular formula is C11H14N2O3S2. The Balaban J connectivity index is 2.27. The number of anilines is 1. The minimum atomic E-state index is -3.61. The fraction of sp³-hybridized carbons (Fsp3) is 0.364. The molecule has 5 nitrogen and oxygen atoms in total. The molecule has 1 aliphatic rings. The Bertz CT molecular complexity index is 582. The van der Waals surface area contributed by atoms with E-state index in [1.807, 2.05) is 13.0 Å². The van der Waals surface area contributed by atoms with E-state index in [-0.39, 0.29) is 11.5 Å². The van der Waals surface area contributed by atoms with Crippen molar-refractivity contribution in [2.75, 3.05) is 17.7 Å². The molecule has 0 saturated heterocycles. The first-order chi connectivity index (χ1) is 8.53. The van der Waals surface area contributed by atoms with Gasteiger partial charge in [0.05, 0.1) is 5.69 Å². The Morgan fingerprint density at radius 2 is 2.22 bits per heavy atom. The van der Waals surface area contributed by atoms with Crippen LogP contribution in [0.15, 0.2) is 27.5 Å². The van der Waals surface area contributed by atoms with Gasteiger partial charge in [-0.3, -0.25) is 0 Å². The van der Waals surface area contributed by atoms with Gasteiger partial charge in [-0.2, -0.15) is 8.42 Å². The Hall–Kier alpha value is -1.05. The Morgan fingerprint density at radius 1 is 1.44 bits per heavy atom.